The molecule has 0 saturated heterocycles. The van der Waals surface area contributed by atoms with E-state index in [4.69, 9.17) is 9.47 Å². The Morgan fingerprint density at radius 3 is 2.46 bits per heavy atom. The van der Waals surface area contributed by atoms with Crippen LogP contribution in [0.5, 0.6) is 5.75 Å². The lowest BCUT2D eigenvalue weighted by Crippen LogP contribution is -2.31. The number of nitrogens with one attached hydrogen (secondary N) is 1. The summed E-state index contributed by atoms with van der Waals surface area (Å²) in [6, 6.07) is 14.2. The molecule has 2 aromatic carbocycles. The highest BCUT2D eigenvalue weighted by atomic mass is 16.5. The molecule has 0 spiro atoms. The van der Waals surface area contributed by atoms with E-state index in [1.165, 1.54) is 0 Å². The molecule has 0 aliphatic rings. The van der Waals surface area contributed by atoms with Gasteiger partial charge < -0.3 is 14.8 Å². The SMILES string of the molecule is CCOC(=O)c1ccccc1NC(=O)C(C)Oc1ccccc1C. The van der Waals surface area contributed by atoms with Crippen molar-refractivity contribution in [2.45, 2.75) is 26.9 Å². The van der Waals surface area contributed by atoms with E-state index in [0.29, 0.717) is 17.0 Å². The molecule has 0 fully saturated rings. The number of aryl methyl sites for hydroxylation is 1. The number of hydrogen-bond donors (Lipinski definition) is 1. The molecule has 24 heavy (non-hydrogen) atoms. The molecule has 1 N–H and O–H groups in total. The van der Waals surface area contributed by atoms with E-state index in [2.05, 4.69) is 5.32 Å². The normalized spacial score (nSPS) is 11.5. The smallest absolute Gasteiger partial charge is 0.340 e. The molecular weight excluding hydrogens is 306 g/mol. The summed E-state index contributed by atoms with van der Waals surface area (Å²) in [5.41, 5.74) is 1.67. The number of ether oxygens (including phenoxy) is 2. The zero-order valence-electron chi connectivity index (χ0n) is 14.0. The van der Waals surface area contributed by atoms with Crippen molar-refractivity contribution in [3.05, 3.63) is 59.7 Å². The summed E-state index contributed by atoms with van der Waals surface area (Å²) in [6.07, 6.45) is -0.707. The lowest BCUT2D eigenvalue weighted by atomic mass is 10.1. The van der Waals surface area contributed by atoms with Crippen LogP contribution in [0.3, 0.4) is 0 Å². The Kier molecular flexibility index (Phi) is 5.95. The molecule has 0 aliphatic carbocycles. The topological polar surface area (TPSA) is 64.6 Å². The minimum absolute atomic E-state index is 0.272. The summed E-state index contributed by atoms with van der Waals surface area (Å²) in [5.74, 6) is -0.158. The number of anilines is 1. The highest BCUT2D eigenvalue weighted by Crippen LogP contribution is 2.20. The summed E-state index contributed by atoms with van der Waals surface area (Å²) in [6.45, 7) is 5.58. The number of carbonyl (C=O) groups is 2. The average molecular weight is 327 g/mol. The summed E-state index contributed by atoms with van der Waals surface area (Å²) in [4.78, 5) is 24.3. The third-order valence-electron chi connectivity index (χ3n) is 3.45. The molecule has 2 aromatic rings. The van der Waals surface area contributed by atoms with Crippen molar-refractivity contribution in [1.82, 2.24) is 0 Å². The lowest BCUT2D eigenvalue weighted by Gasteiger charge is -2.17. The molecule has 1 amide bonds. The van der Waals surface area contributed by atoms with Crippen molar-refractivity contribution >= 4 is 17.6 Å². The van der Waals surface area contributed by atoms with Crippen LogP contribution in [-0.4, -0.2) is 24.6 Å². The fourth-order valence-electron chi connectivity index (χ4n) is 2.15. The van der Waals surface area contributed by atoms with Gasteiger partial charge in [-0.05, 0) is 44.5 Å². The Morgan fingerprint density at radius 2 is 1.75 bits per heavy atom. The fraction of sp³-hybridized carbons (Fsp3) is 0.263. The molecule has 2 rings (SSSR count). The van der Waals surface area contributed by atoms with Gasteiger partial charge in [0.1, 0.15) is 5.75 Å². The molecule has 0 bridgehead atoms. The zero-order valence-corrected chi connectivity index (χ0v) is 14.0. The van der Waals surface area contributed by atoms with Crippen LogP contribution in [0.2, 0.25) is 0 Å². The molecule has 0 aromatic heterocycles. The van der Waals surface area contributed by atoms with Gasteiger partial charge in [0.05, 0.1) is 17.9 Å². The fourth-order valence-corrected chi connectivity index (χ4v) is 2.15. The van der Waals surface area contributed by atoms with E-state index in [0.717, 1.165) is 5.56 Å². The Hall–Kier alpha value is -2.82. The molecule has 0 heterocycles. The van der Waals surface area contributed by atoms with Gasteiger partial charge in [-0.3, -0.25) is 4.79 Å². The summed E-state index contributed by atoms with van der Waals surface area (Å²) in [5, 5.41) is 2.72. The first-order valence-electron chi connectivity index (χ1n) is 7.82. The zero-order chi connectivity index (χ0) is 17.5. The number of rotatable bonds is 6. The number of carbonyl (C=O) groups excluding carboxylic acids is 2. The van der Waals surface area contributed by atoms with Gasteiger partial charge in [0.25, 0.3) is 5.91 Å². The van der Waals surface area contributed by atoms with E-state index >= 15 is 0 Å². The maximum atomic E-state index is 12.4. The average Bonchev–Trinajstić information content (AvgIpc) is 2.57. The first-order valence-corrected chi connectivity index (χ1v) is 7.82. The minimum atomic E-state index is -0.707. The monoisotopic (exact) mass is 327 g/mol. The third-order valence-corrected chi connectivity index (χ3v) is 3.45. The van der Waals surface area contributed by atoms with Gasteiger partial charge in [0, 0.05) is 0 Å². The van der Waals surface area contributed by atoms with Crippen LogP contribution in [0.4, 0.5) is 5.69 Å². The second-order valence-corrected chi connectivity index (χ2v) is 5.28. The van der Waals surface area contributed by atoms with Gasteiger partial charge in [-0.15, -0.1) is 0 Å². The molecule has 0 radical (unpaired) electrons. The highest BCUT2D eigenvalue weighted by Gasteiger charge is 2.19. The van der Waals surface area contributed by atoms with E-state index in [9.17, 15) is 9.59 Å². The second kappa shape index (κ2) is 8.15. The van der Waals surface area contributed by atoms with Crippen molar-refractivity contribution in [1.29, 1.82) is 0 Å². The standard InChI is InChI=1S/C19H21NO4/c1-4-23-19(22)15-10-6-7-11-16(15)20-18(21)14(3)24-17-12-8-5-9-13(17)2/h5-12,14H,4H2,1-3H3,(H,20,21). The van der Waals surface area contributed by atoms with Crippen molar-refractivity contribution in [2.24, 2.45) is 0 Å². The maximum Gasteiger partial charge on any atom is 0.340 e. The Morgan fingerprint density at radius 1 is 1.08 bits per heavy atom. The van der Waals surface area contributed by atoms with Crippen LogP contribution >= 0.6 is 0 Å². The third kappa shape index (κ3) is 4.35. The van der Waals surface area contributed by atoms with E-state index in [1.54, 1.807) is 38.1 Å². The van der Waals surface area contributed by atoms with E-state index in [-0.39, 0.29) is 12.5 Å². The minimum Gasteiger partial charge on any atom is -0.481 e. The van der Waals surface area contributed by atoms with Crippen molar-refractivity contribution in [3.8, 4) is 5.75 Å². The molecule has 1 unspecified atom stereocenters. The van der Waals surface area contributed by atoms with Crippen molar-refractivity contribution < 1.29 is 19.1 Å². The summed E-state index contributed by atoms with van der Waals surface area (Å²) in [7, 11) is 0. The predicted molar refractivity (Wildman–Crippen MR) is 92.3 cm³/mol. The largest absolute Gasteiger partial charge is 0.481 e. The molecule has 0 saturated carbocycles. The van der Waals surface area contributed by atoms with Crippen LogP contribution < -0.4 is 10.1 Å². The quantitative estimate of drug-likeness (QED) is 0.824. The van der Waals surface area contributed by atoms with Gasteiger partial charge in [-0.2, -0.15) is 0 Å². The van der Waals surface area contributed by atoms with Crippen molar-refractivity contribution in [2.75, 3.05) is 11.9 Å². The number of hydrogen-bond acceptors (Lipinski definition) is 4. The van der Waals surface area contributed by atoms with Gasteiger partial charge >= 0.3 is 5.97 Å². The van der Waals surface area contributed by atoms with Gasteiger partial charge in [0.15, 0.2) is 6.10 Å². The van der Waals surface area contributed by atoms with Crippen LogP contribution in [0.15, 0.2) is 48.5 Å². The molecule has 1 atom stereocenters. The van der Waals surface area contributed by atoms with E-state index < -0.39 is 12.1 Å². The number of benzene rings is 2. The maximum absolute atomic E-state index is 12.4. The molecule has 0 aliphatic heterocycles. The summed E-state index contributed by atoms with van der Waals surface area (Å²) < 4.78 is 10.7. The Labute approximate surface area is 141 Å². The van der Waals surface area contributed by atoms with Crippen molar-refractivity contribution in [3.63, 3.8) is 0 Å². The van der Waals surface area contributed by atoms with Gasteiger partial charge in [0.2, 0.25) is 0 Å². The predicted octanol–water partition coefficient (Wildman–Crippen LogP) is 3.58. The molecular formula is C19H21NO4. The summed E-state index contributed by atoms with van der Waals surface area (Å²) >= 11 is 0. The van der Waals surface area contributed by atoms with Crippen LogP contribution in [0.1, 0.15) is 29.8 Å². The Bertz CT molecular complexity index is 727. The molecule has 5 nitrogen and oxygen atoms in total. The van der Waals surface area contributed by atoms with E-state index in [1.807, 2.05) is 31.2 Å². The molecule has 126 valence electrons. The highest BCUT2D eigenvalue weighted by molar-refractivity contribution is 6.02. The second-order valence-electron chi connectivity index (χ2n) is 5.28. The molecule has 5 heteroatoms. The van der Waals surface area contributed by atoms with Crippen LogP contribution in [0, 0.1) is 6.92 Å². The first kappa shape index (κ1) is 17.5. The number of amides is 1. The Balaban J connectivity index is 2.09. The van der Waals surface area contributed by atoms with Gasteiger partial charge in [-0.1, -0.05) is 30.3 Å². The number of para-hydroxylation sites is 2. The first-order chi connectivity index (χ1) is 11.5. The van der Waals surface area contributed by atoms with Crippen LogP contribution in [-0.2, 0) is 9.53 Å². The van der Waals surface area contributed by atoms with Gasteiger partial charge in [-0.25, -0.2) is 4.79 Å². The lowest BCUT2D eigenvalue weighted by molar-refractivity contribution is -0.122. The number of esters is 1. The van der Waals surface area contributed by atoms with Crippen LogP contribution in [0.25, 0.3) is 0 Å².